The third-order valence-corrected chi connectivity index (χ3v) is 5.16. The molecule has 0 radical (unpaired) electrons. The maximum atomic E-state index is 11.7. The molecule has 3 N–H and O–H groups in total. The van der Waals surface area contributed by atoms with Crippen LogP contribution in [0.5, 0.6) is 5.75 Å². The molecule has 0 bridgehead atoms. The largest absolute Gasteiger partial charge is 0.495 e. The Morgan fingerprint density at radius 3 is 2.63 bits per heavy atom. The standard InChI is InChI=1S/C17H20ClN5O3S/c1-9(2)20-16-14-11(18)8-19-15(14)22-17(23-16)21-12-6-5-10(27(4,24)25)7-13(12)26-3/h5-9H,1-4H3,(H3,19,20,21,22,23). The van der Waals surface area contributed by atoms with Gasteiger partial charge in [0, 0.05) is 24.6 Å². The van der Waals surface area contributed by atoms with Gasteiger partial charge in [-0.1, -0.05) is 11.6 Å². The zero-order chi connectivity index (χ0) is 19.8. The molecule has 0 amide bonds. The van der Waals surface area contributed by atoms with Crippen molar-refractivity contribution in [1.82, 2.24) is 15.0 Å². The van der Waals surface area contributed by atoms with Gasteiger partial charge in [0.2, 0.25) is 5.95 Å². The molecule has 27 heavy (non-hydrogen) atoms. The van der Waals surface area contributed by atoms with Crippen LogP contribution in [-0.2, 0) is 9.84 Å². The molecule has 10 heteroatoms. The summed E-state index contributed by atoms with van der Waals surface area (Å²) in [6.45, 7) is 3.99. The monoisotopic (exact) mass is 409 g/mol. The van der Waals surface area contributed by atoms with E-state index in [2.05, 4.69) is 25.6 Å². The molecular weight excluding hydrogens is 390 g/mol. The van der Waals surface area contributed by atoms with E-state index in [4.69, 9.17) is 16.3 Å². The van der Waals surface area contributed by atoms with Crippen LogP contribution >= 0.6 is 11.6 Å². The number of hydrogen-bond donors (Lipinski definition) is 3. The van der Waals surface area contributed by atoms with Crippen LogP contribution in [0, 0.1) is 0 Å². The van der Waals surface area contributed by atoms with E-state index in [0.29, 0.717) is 39.3 Å². The SMILES string of the molecule is COc1cc(S(C)(=O)=O)ccc1Nc1nc(NC(C)C)c2c(Cl)c[nH]c2n1. The molecule has 0 unspecified atom stereocenters. The third-order valence-electron chi connectivity index (χ3n) is 3.76. The first-order valence-electron chi connectivity index (χ1n) is 8.15. The smallest absolute Gasteiger partial charge is 0.231 e. The molecular formula is C17H20ClN5O3S. The van der Waals surface area contributed by atoms with Crippen molar-refractivity contribution in [1.29, 1.82) is 0 Å². The van der Waals surface area contributed by atoms with Crippen molar-refractivity contribution in [2.24, 2.45) is 0 Å². The highest BCUT2D eigenvalue weighted by Gasteiger charge is 2.16. The van der Waals surface area contributed by atoms with Gasteiger partial charge < -0.3 is 20.4 Å². The fraction of sp³-hybridized carbons (Fsp3) is 0.294. The van der Waals surface area contributed by atoms with Crippen molar-refractivity contribution in [3.63, 3.8) is 0 Å². The topological polar surface area (TPSA) is 109 Å². The summed E-state index contributed by atoms with van der Waals surface area (Å²) in [6.07, 6.45) is 2.79. The summed E-state index contributed by atoms with van der Waals surface area (Å²) in [5.41, 5.74) is 1.12. The van der Waals surface area contributed by atoms with Gasteiger partial charge in [0.25, 0.3) is 0 Å². The van der Waals surface area contributed by atoms with E-state index in [9.17, 15) is 8.42 Å². The zero-order valence-electron chi connectivity index (χ0n) is 15.3. The normalized spacial score (nSPS) is 11.8. The second kappa shape index (κ2) is 7.24. The van der Waals surface area contributed by atoms with Gasteiger partial charge in [0.05, 0.1) is 28.1 Å². The summed E-state index contributed by atoms with van der Waals surface area (Å²) in [5, 5.41) is 7.55. The number of nitrogens with one attached hydrogen (secondary N) is 3. The minimum Gasteiger partial charge on any atom is -0.495 e. The number of nitrogens with zero attached hydrogens (tertiary/aromatic N) is 2. The van der Waals surface area contributed by atoms with E-state index < -0.39 is 9.84 Å². The minimum atomic E-state index is -3.34. The second-order valence-corrected chi connectivity index (χ2v) is 8.74. The van der Waals surface area contributed by atoms with E-state index in [1.165, 1.54) is 19.2 Å². The summed E-state index contributed by atoms with van der Waals surface area (Å²) in [7, 11) is -1.87. The third kappa shape index (κ3) is 4.09. The fourth-order valence-corrected chi connectivity index (χ4v) is 3.42. The molecule has 3 rings (SSSR count). The predicted octanol–water partition coefficient (Wildman–Crippen LogP) is 3.59. The number of sulfone groups is 1. The molecule has 144 valence electrons. The van der Waals surface area contributed by atoms with Gasteiger partial charge in [0.1, 0.15) is 17.2 Å². The summed E-state index contributed by atoms with van der Waals surface area (Å²) < 4.78 is 28.8. The number of aromatic nitrogens is 3. The Morgan fingerprint density at radius 2 is 2.00 bits per heavy atom. The van der Waals surface area contributed by atoms with E-state index in [0.717, 1.165) is 6.26 Å². The van der Waals surface area contributed by atoms with Gasteiger partial charge in [-0.3, -0.25) is 0 Å². The number of ether oxygens (including phenoxy) is 1. The summed E-state index contributed by atoms with van der Waals surface area (Å²) >= 11 is 6.23. The van der Waals surface area contributed by atoms with Crippen LogP contribution in [0.1, 0.15) is 13.8 Å². The number of H-pyrrole nitrogens is 1. The Morgan fingerprint density at radius 1 is 1.26 bits per heavy atom. The second-order valence-electron chi connectivity index (χ2n) is 6.31. The highest BCUT2D eigenvalue weighted by Crippen LogP contribution is 2.33. The van der Waals surface area contributed by atoms with E-state index >= 15 is 0 Å². The van der Waals surface area contributed by atoms with Gasteiger partial charge in [-0.25, -0.2) is 8.42 Å². The molecule has 8 nitrogen and oxygen atoms in total. The maximum Gasteiger partial charge on any atom is 0.231 e. The quantitative estimate of drug-likeness (QED) is 0.570. The first-order chi connectivity index (χ1) is 12.7. The fourth-order valence-electron chi connectivity index (χ4n) is 2.56. The number of methoxy groups -OCH3 is 1. The summed E-state index contributed by atoms with van der Waals surface area (Å²) in [6, 6.07) is 4.71. The van der Waals surface area contributed by atoms with Gasteiger partial charge in [0.15, 0.2) is 9.84 Å². The van der Waals surface area contributed by atoms with Crippen LogP contribution in [0.3, 0.4) is 0 Å². The molecule has 0 aliphatic carbocycles. The molecule has 1 aromatic carbocycles. The first kappa shape index (κ1) is 19.2. The molecule has 2 aromatic heterocycles. The predicted molar refractivity (Wildman–Crippen MR) is 107 cm³/mol. The number of hydrogen-bond acceptors (Lipinski definition) is 7. The first-order valence-corrected chi connectivity index (χ1v) is 10.4. The Balaban J connectivity index is 2.04. The van der Waals surface area contributed by atoms with Crippen molar-refractivity contribution >= 4 is 49.9 Å². The van der Waals surface area contributed by atoms with Crippen LogP contribution in [-0.4, -0.2) is 42.8 Å². The Labute approximate surface area is 162 Å². The summed E-state index contributed by atoms with van der Waals surface area (Å²) in [5.74, 6) is 1.27. The average Bonchev–Trinajstić information content (AvgIpc) is 2.95. The zero-order valence-corrected chi connectivity index (χ0v) is 16.9. The molecule has 0 spiro atoms. The van der Waals surface area contributed by atoms with E-state index in [1.807, 2.05) is 13.8 Å². The van der Waals surface area contributed by atoms with Crippen LogP contribution in [0.2, 0.25) is 5.02 Å². The lowest BCUT2D eigenvalue weighted by Crippen LogP contribution is -2.12. The molecule has 2 heterocycles. The van der Waals surface area contributed by atoms with Crippen LogP contribution in [0.25, 0.3) is 11.0 Å². The number of anilines is 3. The van der Waals surface area contributed by atoms with E-state index in [1.54, 1.807) is 12.3 Å². The average molecular weight is 410 g/mol. The Bertz CT molecular complexity index is 1100. The molecule has 0 aliphatic rings. The van der Waals surface area contributed by atoms with Gasteiger partial charge in [-0.05, 0) is 26.0 Å². The number of halogens is 1. The van der Waals surface area contributed by atoms with Gasteiger partial charge in [-0.15, -0.1) is 0 Å². The minimum absolute atomic E-state index is 0.144. The number of rotatable bonds is 6. The molecule has 0 aliphatic heterocycles. The lowest BCUT2D eigenvalue weighted by atomic mass is 10.3. The highest BCUT2D eigenvalue weighted by atomic mass is 35.5. The van der Waals surface area contributed by atoms with Crippen molar-refractivity contribution in [3.8, 4) is 5.75 Å². The van der Waals surface area contributed by atoms with Crippen LogP contribution in [0.15, 0.2) is 29.3 Å². The number of aromatic amines is 1. The molecule has 0 fully saturated rings. The Kier molecular flexibility index (Phi) is 5.16. The molecule has 0 saturated carbocycles. The molecule has 3 aromatic rings. The molecule has 0 saturated heterocycles. The number of fused-ring (bicyclic) bond motifs is 1. The lowest BCUT2D eigenvalue weighted by molar-refractivity contribution is 0.415. The number of benzene rings is 1. The van der Waals surface area contributed by atoms with Gasteiger partial charge >= 0.3 is 0 Å². The van der Waals surface area contributed by atoms with Crippen molar-refractivity contribution in [3.05, 3.63) is 29.4 Å². The van der Waals surface area contributed by atoms with Crippen molar-refractivity contribution < 1.29 is 13.2 Å². The van der Waals surface area contributed by atoms with Crippen molar-refractivity contribution in [2.75, 3.05) is 24.0 Å². The van der Waals surface area contributed by atoms with Crippen molar-refractivity contribution in [2.45, 2.75) is 24.8 Å². The van der Waals surface area contributed by atoms with E-state index in [-0.39, 0.29) is 10.9 Å². The maximum absolute atomic E-state index is 11.7. The lowest BCUT2D eigenvalue weighted by Gasteiger charge is -2.14. The summed E-state index contributed by atoms with van der Waals surface area (Å²) in [4.78, 5) is 12.1. The van der Waals surface area contributed by atoms with Gasteiger partial charge in [-0.2, -0.15) is 9.97 Å². The van der Waals surface area contributed by atoms with Crippen LogP contribution in [0.4, 0.5) is 17.5 Å². The van der Waals surface area contributed by atoms with Crippen LogP contribution < -0.4 is 15.4 Å². The highest BCUT2D eigenvalue weighted by molar-refractivity contribution is 7.90. The Hall–Kier alpha value is -2.52. The molecule has 0 atom stereocenters.